The molecule has 0 radical (unpaired) electrons. The van der Waals surface area contributed by atoms with Gasteiger partial charge in [-0.15, -0.1) is 0 Å². The molecule has 0 amide bonds. The van der Waals surface area contributed by atoms with Crippen molar-refractivity contribution in [2.24, 2.45) is 0 Å². The lowest BCUT2D eigenvalue weighted by Gasteiger charge is -2.26. The van der Waals surface area contributed by atoms with E-state index in [-0.39, 0.29) is 11.8 Å². The predicted octanol–water partition coefficient (Wildman–Crippen LogP) is 3.51. The van der Waals surface area contributed by atoms with Crippen LogP contribution in [-0.2, 0) is 0 Å². The van der Waals surface area contributed by atoms with Gasteiger partial charge < -0.3 is 10.4 Å². The standard InChI is InChI=1S/C14H20FNO/c1-10(16-12-5-3-2-4-6-12)11-7-8-14(17)13(15)9-11/h7-10,12,16-17H,2-6H2,1H3/t10-/m1/s1. The normalized spacial score (nSPS) is 19.2. The number of nitrogens with one attached hydrogen (secondary N) is 1. The van der Waals surface area contributed by atoms with Gasteiger partial charge in [-0.3, -0.25) is 0 Å². The summed E-state index contributed by atoms with van der Waals surface area (Å²) in [4.78, 5) is 0. The van der Waals surface area contributed by atoms with Crippen LogP contribution in [0.15, 0.2) is 18.2 Å². The highest BCUT2D eigenvalue weighted by molar-refractivity contribution is 5.29. The van der Waals surface area contributed by atoms with Crippen molar-refractivity contribution >= 4 is 0 Å². The lowest BCUT2D eigenvalue weighted by Crippen LogP contribution is -2.33. The van der Waals surface area contributed by atoms with Gasteiger partial charge in [0.25, 0.3) is 0 Å². The molecule has 1 aliphatic carbocycles. The van der Waals surface area contributed by atoms with Gasteiger partial charge in [0.1, 0.15) is 0 Å². The Bertz CT molecular complexity index is 374. The summed E-state index contributed by atoms with van der Waals surface area (Å²) in [7, 11) is 0. The highest BCUT2D eigenvalue weighted by Gasteiger charge is 2.16. The first-order valence-electron chi connectivity index (χ1n) is 6.41. The van der Waals surface area contributed by atoms with Crippen molar-refractivity contribution in [3.63, 3.8) is 0 Å². The molecular formula is C14H20FNO. The van der Waals surface area contributed by atoms with Gasteiger partial charge in [0.05, 0.1) is 0 Å². The number of rotatable bonds is 3. The van der Waals surface area contributed by atoms with E-state index in [2.05, 4.69) is 5.32 Å². The Balaban J connectivity index is 1.98. The van der Waals surface area contributed by atoms with Crippen LogP contribution in [0.25, 0.3) is 0 Å². The second-order valence-corrected chi connectivity index (χ2v) is 4.93. The first-order valence-corrected chi connectivity index (χ1v) is 6.41. The Morgan fingerprint density at radius 1 is 1.29 bits per heavy atom. The van der Waals surface area contributed by atoms with Gasteiger partial charge in [0, 0.05) is 12.1 Å². The lowest BCUT2D eigenvalue weighted by molar-refractivity contribution is 0.346. The Hall–Kier alpha value is -1.09. The third-order valence-electron chi connectivity index (χ3n) is 3.56. The van der Waals surface area contributed by atoms with Crippen molar-refractivity contribution in [3.05, 3.63) is 29.6 Å². The van der Waals surface area contributed by atoms with Crippen molar-refractivity contribution in [1.82, 2.24) is 5.32 Å². The van der Waals surface area contributed by atoms with Gasteiger partial charge in [-0.1, -0.05) is 25.3 Å². The molecule has 1 fully saturated rings. The lowest BCUT2D eigenvalue weighted by atomic mass is 9.94. The quantitative estimate of drug-likeness (QED) is 0.843. The Labute approximate surface area is 102 Å². The molecule has 0 saturated heterocycles. The van der Waals surface area contributed by atoms with E-state index in [0.717, 1.165) is 5.56 Å². The van der Waals surface area contributed by atoms with Crippen LogP contribution < -0.4 is 5.32 Å². The zero-order chi connectivity index (χ0) is 12.3. The molecule has 0 aromatic heterocycles. The van der Waals surface area contributed by atoms with Crippen molar-refractivity contribution in [2.75, 3.05) is 0 Å². The maximum Gasteiger partial charge on any atom is 0.165 e. The van der Waals surface area contributed by atoms with Gasteiger partial charge in [-0.2, -0.15) is 0 Å². The van der Waals surface area contributed by atoms with Crippen LogP contribution in [0, 0.1) is 5.82 Å². The monoisotopic (exact) mass is 237 g/mol. The van der Waals surface area contributed by atoms with E-state index >= 15 is 0 Å². The molecule has 17 heavy (non-hydrogen) atoms. The molecule has 94 valence electrons. The van der Waals surface area contributed by atoms with Crippen molar-refractivity contribution in [1.29, 1.82) is 0 Å². The molecule has 1 atom stereocenters. The van der Waals surface area contributed by atoms with Crippen LogP contribution in [0.1, 0.15) is 50.6 Å². The van der Waals surface area contributed by atoms with E-state index in [1.54, 1.807) is 6.07 Å². The largest absolute Gasteiger partial charge is 0.505 e. The van der Waals surface area contributed by atoms with E-state index in [9.17, 15) is 4.39 Å². The van der Waals surface area contributed by atoms with Gasteiger partial charge in [-0.25, -0.2) is 4.39 Å². The number of hydrogen-bond donors (Lipinski definition) is 2. The SMILES string of the molecule is C[C@@H](NC1CCCCC1)c1ccc(O)c(F)c1. The molecule has 0 heterocycles. The minimum Gasteiger partial charge on any atom is -0.505 e. The van der Waals surface area contributed by atoms with E-state index in [0.29, 0.717) is 6.04 Å². The summed E-state index contributed by atoms with van der Waals surface area (Å²) in [6.07, 6.45) is 6.33. The predicted molar refractivity (Wildman–Crippen MR) is 66.5 cm³/mol. The van der Waals surface area contributed by atoms with Crippen molar-refractivity contribution in [2.45, 2.75) is 51.1 Å². The molecule has 2 N–H and O–H groups in total. The molecule has 1 saturated carbocycles. The maximum atomic E-state index is 13.2. The molecule has 1 aliphatic rings. The van der Waals surface area contributed by atoms with Crippen molar-refractivity contribution < 1.29 is 9.50 Å². The summed E-state index contributed by atoms with van der Waals surface area (Å²) in [5.41, 5.74) is 0.894. The molecular weight excluding hydrogens is 217 g/mol. The molecule has 2 nitrogen and oxygen atoms in total. The Kier molecular flexibility index (Phi) is 4.00. The number of benzene rings is 1. The summed E-state index contributed by atoms with van der Waals surface area (Å²) in [5.74, 6) is -0.821. The first kappa shape index (κ1) is 12.4. The Morgan fingerprint density at radius 2 is 2.00 bits per heavy atom. The van der Waals surface area contributed by atoms with Crippen LogP contribution in [0.5, 0.6) is 5.75 Å². The number of phenolic OH excluding ortho intramolecular Hbond substituents is 1. The fourth-order valence-corrected chi connectivity index (χ4v) is 2.51. The number of hydrogen-bond acceptors (Lipinski definition) is 2. The molecule has 1 aromatic carbocycles. The van der Waals surface area contributed by atoms with Gasteiger partial charge in [-0.05, 0) is 37.5 Å². The minimum atomic E-state index is -0.542. The highest BCUT2D eigenvalue weighted by atomic mass is 19.1. The van der Waals surface area contributed by atoms with Crippen LogP contribution >= 0.6 is 0 Å². The summed E-state index contributed by atoms with van der Waals surface area (Å²) in [5, 5.41) is 12.7. The number of halogens is 1. The minimum absolute atomic E-state index is 0.133. The summed E-state index contributed by atoms with van der Waals surface area (Å²) in [6, 6.07) is 5.29. The van der Waals surface area contributed by atoms with Crippen LogP contribution in [-0.4, -0.2) is 11.1 Å². The third-order valence-corrected chi connectivity index (χ3v) is 3.56. The first-order chi connectivity index (χ1) is 8.16. The molecule has 0 spiro atoms. The van der Waals surface area contributed by atoms with Gasteiger partial charge >= 0.3 is 0 Å². The second-order valence-electron chi connectivity index (χ2n) is 4.93. The second kappa shape index (κ2) is 5.50. The summed E-state index contributed by atoms with van der Waals surface area (Å²) < 4.78 is 13.2. The van der Waals surface area contributed by atoms with E-state index in [4.69, 9.17) is 5.11 Å². The fourth-order valence-electron chi connectivity index (χ4n) is 2.51. The molecule has 0 unspecified atom stereocenters. The molecule has 0 aliphatic heterocycles. The third kappa shape index (κ3) is 3.19. The topological polar surface area (TPSA) is 32.3 Å². The maximum absolute atomic E-state index is 13.2. The zero-order valence-corrected chi connectivity index (χ0v) is 10.2. The summed E-state index contributed by atoms with van der Waals surface area (Å²) in [6.45, 7) is 2.04. The van der Waals surface area contributed by atoms with E-state index < -0.39 is 5.82 Å². The van der Waals surface area contributed by atoms with E-state index in [1.807, 2.05) is 6.92 Å². The average Bonchev–Trinajstić information content (AvgIpc) is 2.34. The smallest absolute Gasteiger partial charge is 0.165 e. The fraction of sp³-hybridized carbons (Fsp3) is 0.571. The van der Waals surface area contributed by atoms with Crippen LogP contribution in [0.4, 0.5) is 4.39 Å². The number of phenols is 1. The molecule has 2 rings (SSSR count). The van der Waals surface area contributed by atoms with Gasteiger partial charge in [0.15, 0.2) is 11.6 Å². The van der Waals surface area contributed by atoms with E-state index in [1.165, 1.54) is 44.2 Å². The molecule has 0 bridgehead atoms. The number of aromatic hydroxyl groups is 1. The Morgan fingerprint density at radius 3 is 2.65 bits per heavy atom. The van der Waals surface area contributed by atoms with Crippen LogP contribution in [0.3, 0.4) is 0 Å². The van der Waals surface area contributed by atoms with Gasteiger partial charge in [0.2, 0.25) is 0 Å². The molecule has 3 heteroatoms. The summed E-state index contributed by atoms with van der Waals surface area (Å²) >= 11 is 0. The molecule has 1 aromatic rings. The highest BCUT2D eigenvalue weighted by Crippen LogP contribution is 2.24. The zero-order valence-electron chi connectivity index (χ0n) is 10.2. The average molecular weight is 237 g/mol. The van der Waals surface area contributed by atoms with Crippen LogP contribution in [0.2, 0.25) is 0 Å². The van der Waals surface area contributed by atoms with Crippen molar-refractivity contribution in [3.8, 4) is 5.75 Å².